The molecule has 2 rings (SSSR count). The topological polar surface area (TPSA) is 24.4 Å². The fourth-order valence-corrected chi connectivity index (χ4v) is 4.22. The van der Waals surface area contributed by atoms with Gasteiger partial charge in [-0.05, 0) is 24.5 Å². The zero-order valence-electron chi connectivity index (χ0n) is 9.53. The molecule has 15 heavy (non-hydrogen) atoms. The lowest BCUT2D eigenvalue weighted by Crippen LogP contribution is -2.31. The third-order valence-corrected chi connectivity index (χ3v) is 5.40. The van der Waals surface area contributed by atoms with Crippen LogP contribution in [0.25, 0.3) is 0 Å². The molecule has 1 N–H and O–H groups in total. The van der Waals surface area contributed by atoms with E-state index in [1.54, 1.807) is 0 Å². The molecule has 2 unspecified atom stereocenters. The van der Waals surface area contributed by atoms with E-state index >= 15 is 0 Å². The van der Waals surface area contributed by atoms with Crippen LogP contribution in [-0.4, -0.2) is 34.5 Å². The van der Waals surface area contributed by atoms with Crippen molar-refractivity contribution < 1.29 is 0 Å². The fourth-order valence-electron chi connectivity index (χ4n) is 1.83. The minimum atomic E-state index is 0.630. The van der Waals surface area contributed by atoms with Crippen molar-refractivity contribution in [2.75, 3.05) is 18.1 Å². The Hall–Kier alpha value is 0.170. The molecule has 0 radical (unpaired) electrons. The van der Waals surface area contributed by atoms with Crippen molar-refractivity contribution in [3.63, 3.8) is 0 Å². The summed E-state index contributed by atoms with van der Waals surface area (Å²) in [6, 6.07) is 0.630. The zero-order valence-corrected chi connectivity index (χ0v) is 11.2. The highest BCUT2D eigenvalue weighted by Crippen LogP contribution is 2.27. The van der Waals surface area contributed by atoms with E-state index in [-0.39, 0.29) is 0 Å². The average molecular weight is 244 g/mol. The van der Waals surface area contributed by atoms with Crippen molar-refractivity contribution in [3.8, 4) is 0 Å². The molecular formula is C11H20N2S2. The summed E-state index contributed by atoms with van der Waals surface area (Å²) in [5, 5.41) is 5.49. The summed E-state index contributed by atoms with van der Waals surface area (Å²) in [6.07, 6.45) is 2.75. The van der Waals surface area contributed by atoms with Gasteiger partial charge in [-0.1, -0.05) is 25.6 Å². The van der Waals surface area contributed by atoms with E-state index in [0.717, 1.165) is 11.8 Å². The molecule has 0 bridgehead atoms. The molecule has 2 fully saturated rings. The maximum atomic E-state index is 4.69. The maximum Gasteiger partial charge on any atom is 0.156 e. The van der Waals surface area contributed by atoms with E-state index in [1.807, 2.05) is 11.8 Å². The molecule has 2 aliphatic rings. The number of rotatable bonds is 3. The third kappa shape index (κ3) is 3.31. The minimum absolute atomic E-state index is 0.630. The first-order valence-electron chi connectivity index (χ1n) is 5.81. The Labute approximate surface area is 101 Å². The van der Waals surface area contributed by atoms with Gasteiger partial charge >= 0.3 is 0 Å². The molecule has 0 saturated carbocycles. The van der Waals surface area contributed by atoms with Gasteiger partial charge in [-0.2, -0.15) is 11.8 Å². The lowest BCUT2D eigenvalue weighted by atomic mass is 10.1. The molecule has 2 nitrogen and oxygen atoms in total. The lowest BCUT2D eigenvalue weighted by Gasteiger charge is -2.13. The highest BCUT2D eigenvalue weighted by Gasteiger charge is 2.23. The van der Waals surface area contributed by atoms with Gasteiger partial charge < -0.3 is 5.32 Å². The second-order valence-corrected chi connectivity index (χ2v) is 7.00. The molecule has 0 amide bonds. The Morgan fingerprint density at radius 1 is 1.53 bits per heavy atom. The zero-order chi connectivity index (χ0) is 10.7. The van der Waals surface area contributed by atoms with Gasteiger partial charge in [-0.25, -0.2) is 0 Å². The first-order valence-corrected chi connectivity index (χ1v) is 7.84. The molecular weight excluding hydrogens is 224 g/mol. The number of aliphatic imine (C=N–C) groups is 1. The molecule has 2 saturated heterocycles. The molecule has 0 spiro atoms. The molecule has 86 valence electrons. The summed E-state index contributed by atoms with van der Waals surface area (Å²) < 4.78 is 0. The summed E-state index contributed by atoms with van der Waals surface area (Å²) in [7, 11) is 0. The quantitative estimate of drug-likeness (QED) is 0.826. The van der Waals surface area contributed by atoms with Gasteiger partial charge in [0.05, 0.1) is 6.54 Å². The molecule has 0 aromatic carbocycles. The second-order valence-electron chi connectivity index (χ2n) is 4.59. The number of nitrogens with zero attached hydrogens (tertiary/aromatic N) is 1. The Balaban J connectivity index is 1.77. The molecule has 4 heteroatoms. The monoisotopic (exact) mass is 244 g/mol. The van der Waals surface area contributed by atoms with Crippen LogP contribution >= 0.6 is 23.5 Å². The van der Waals surface area contributed by atoms with Crippen LogP contribution in [0.5, 0.6) is 0 Å². The first kappa shape index (κ1) is 11.6. The normalized spacial score (nSPS) is 33.9. The van der Waals surface area contributed by atoms with E-state index in [2.05, 4.69) is 35.9 Å². The van der Waals surface area contributed by atoms with Crippen LogP contribution in [0.4, 0.5) is 0 Å². The highest BCUT2D eigenvalue weighted by atomic mass is 32.2. The Morgan fingerprint density at radius 3 is 3.00 bits per heavy atom. The van der Waals surface area contributed by atoms with Crippen molar-refractivity contribution in [2.45, 2.75) is 38.0 Å². The van der Waals surface area contributed by atoms with Gasteiger partial charge in [-0.15, -0.1) is 0 Å². The third-order valence-electron chi connectivity index (χ3n) is 2.98. The summed E-state index contributed by atoms with van der Waals surface area (Å²) in [5.41, 5.74) is 0. The molecule has 2 atom stereocenters. The van der Waals surface area contributed by atoms with E-state index < -0.39 is 0 Å². The van der Waals surface area contributed by atoms with E-state index in [9.17, 15) is 0 Å². The van der Waals surface area contributed by atoms with Crippen molar-refractivity contribution in [2.24, 2.45) is 10.9 Å². The standard InChI is InChI=1S/C11H20N2S2/c1-8(2)10-7-15-11(13-10)12-6-9-4-3-5-14-9/h8-10H,3-7H2,1-2H3,(H,12,13). The Morgan fingerprint density at radius 2 is 2.40 bits per heavy atom. The molecule has 0 aliphatic carbocycles. The van der Waals surface area contributed by atoms with Crippen LogP contribution in [0.2, 0.25) is 0 Å². The first-order chi connectivity index (χ1) is 7.25. The number of thioether (sulfide) groups is 2. The summed E-state index contributed by atoms with van der Waals surface area (Å²) in [4.78, 5) is 4.69. The summed E-state index contributed by atoms with van der Waals surface area (Å²) in [5.74, 6) is 3.24. The van der Waals surface area contributed by atoms with Crippen molar-refractivity contribution >= 4 is 28.7 Å². The minimum Gasteiger partial charge on any atom is -0.361 e. The van der Waals surface area contributed by atoms with Gasteiger partial charge in [-0.3, -0.25) is 4.99 Å². The van der Waals surface area contributed by atoms with Crippen molar-refractivity contribution in [1.82, 2.24) is 5.32 Å². The number of hydrogen-bond acceptors (Lipinski definition) is 3. The molecule has 2 heterocycles. The van der Waals surface area contributed by atoms with Gasteiger partial charge in [0, 0.05) is 17.0 Å². The Bertz CT molecular complexity index is 235. The van der Waals surface area contributed by atoms with Gasteiger partial charge in [0.25, 0.3) is 0 Å². The van der Waals surface area contributed by atoms with Gasteiger partial charge in [0.1, 0.15) is 0 Å². The number of amidine groups is 1. The number of hydrogen-bond donors (Lipinski definition) is 1. The highest BCUT2D eigenvalue weighted by molar-refractivity contribution is 8.14. The molecule has 0 aromatic heterocycles. The smallest absolute Gasteiger partial charge is 0.156 e. The average Bonchev–Trinajstić information content (AvgIpc) is 2.86. The summed E-state index contributed by atoms with van der Waals surface area (Å²) in [6.45, 7) is 5.56. The maximum absolute atomic E-state index is 4.69. The van der Waals surface area contributed by atoms with Crippen LogP contribution in [0.15, 0.2) is 4.99 Å². The van der Waals surface area contributed by atoms with Gasteiger partial charge in [0.2, 0.25) is 0 Å². The number of nitrogens with one attached hydrogen (secondary N) is 1. The van der Waals surface area contributed by atoms with Crippen LogP contribution in [-0.2, 0) is 0 Å². The molecule has 2 aliphatic heterocycles. The largest absolute Gasteiger partial charge is 0.361 e. The Kier molecular flexibility index (Phi) is 4.26. The van der Waals surface area contributed by atoms with Crippen molar-refractivity contribution in [3.05, 3.63) is 0 Å². The van der Waals surface area contributed by atoms with Crippen LogP contribution in [0, 0.1) is 5.92 Å². The van der Waals surface area contributed by atoms with Crippen LogP contribution in [0.3, 0.4) is 0 Å². The fraction of sp³-hybridized carbons (Fsp3) is 0.909. The predicted molar refractivity (Wildman–Crippen MR) is 72.0 cm³/mol. The lowest BCUT2D eigenvalue weighted by molar-refractivity contribution is 0.503. The van der Waals surface area contributed by atoms with Gasteiger partial charge in [0.15, 0.2) is 5.17 Å². The van der Waals surface area contributed by atoms with Crippen LogP contribution < -0.4 is 5.32 Å². The summed E-state index contributed by atoms with van der Waals surface area (Å²) >= 11 is 3.98. The predicted octanol–water partition coefficient (Wildman–Crippen LogP) is 2.60. The van der Waals surface area contributed by atoms with E-state index in [4.69, 9.17) is 0 Å². The van der Waals surface area contributed by atoms with E-state index in [0.29, 0.717) is 12.0 Å². The SMILES string of the molecule is CC(C)C1CSC(=NCC2CCCS2)N1. The second kappa shape index (κ2) is 5.48. The van der Waals surface area contributed by atoms with Crippen LogP contribution in [0.1, 0.15) is 26.7 Å². The van der Waals surface area contributed by atoms with E-state index in [1.165, 1.54) is 29.5 Å². The van der Waals surface area contributed by atoms with Crippen molar-refractivity contribution in [1.29, 1.82) is 0 Å². The molecule has 0 aromatic rings.